The molecule has 0 bridgehead atoms. The first-order chi connectivity index (χ1) is 10.9. The lowest BCUT2D eigenvalue weighted by Crippen LogP contribution is -2.19. The van der Waals surface area contributed by atoms with Crippen LogP contribution in [0.5, 0.6) is 0 Å². The maximum Gasteiger partial charge on any atom is 0.279 e. The number of nitrogens with zero attached hydrogens (tertiary/aromatic N) is 6. The third kappa shape index (κ3) is 5.22. The van der Waals surface area contributed by atoms with Crippen molar-refractivity contribution in [3.8, 4) is 0 Å². The van der Waals surface area contributed by atoms with E-state index in [9.17, 15) is 16.8 Å². The molecule has 0 saturated heterocycles. The highest BCUT2D eigenvalue weighted by atomic mass is 35.7. The molecule has 0 atom stereocenters. The molecule has 0 amide bonds. The van der Waals surface area contributed by atoms with Gasteiger partial charge >= 0.3 is 0 Å². The van der Waals surface area contributed by atoms with Gasteiger partial charge in [0.05, 0.1) is 12.4 Å². The molecule has 0 radical (unpaired) electrons. The second-order valence-electron chi connectivity index (χ2n) is 5.20. The molecule has 0 spiro atoms. The van der Waals surface area contributed by atoms with Gasteiger partial charge in [-0.05, 0) is 27.7 Å². The van der Waals surface area contributed by atoms with Gasteiger partial charge in [-0.25, -0.2) is 31.3 Å². The van der Waals surface area contributed by atoms with Crippen molar-refractivity contribution in [1.29, 1.82) is 0 Å². The van der Waals surface area contributed by atoms with Crippen LogP contribution in [0, 0.1) is 0 Å². The average molecular weight is 400 g/mol. The predicted molar refractivity (Wildman–Crippen MR) is 85.2 cm³/mol. The van der Waals surface area contributed by atoms with E-state index in [2.05, 4.69) is 20.6 Å². The van der Waals surface area contributed by atoms with E-state index >= 15 is 0 Å². The van der Waals surface area contributed by atoms with Crippen LogP contribution in [0.15, 0.2) is 22.4 Å². The lowest BCUT2D eigenvalue weighted by atomic mass is 10.4. The van der Waals surface area contributed by atoms with Gasteiger partial charge < -0.3 is 0 Å². The monoisotopic (exact) mass is 399 g/mol. The Bertz CT molecular complexity index is 812. The van der Waals surface area contributed by atoms with Crippen molar-refractivity contribution in [3.05, 3.63) is 12.4 Å². The Morgan fingerprint density at radius 3 is 1.54 bits per heavy atom. The summed E-state index contributed by atoms with van der Waals surface area (Å²) in [6.45, 7) is 7.17. The minimum atomic E-state index is -3.72. The molecule has 11 nitrogen and oxygen atoms in total. The summed E-state index contributed by atoms with van der Waals surface area (Å²) < 4.78 is 46.1. The number of rotatable bonds is 4. The first-order valence-electron chi connectivity index (χ1n) is 6.63. The summed E-state index contributed by atoms with van der Waals surface area (Å²) in [6.07, 6.45) is 2.26. The van der Waals surface area contributed by atoms with Crippen LogP contribution in [0.25, 0.3) is 0 Å². The average Bonchev–Trinajstić information content (AvgIpc) is 3.07. The Morgan fingerprint density at radius 2 is 1.29 bits per heavy atom. The predicted octanol–water partition coefficient (Wildman–Crippen LogP) is 0.293. The summed E-state index contributed by atoms with van der Waals surface area (Å²) in [5, 5.41) is 18.9. The standard InChI is InChI=1S/C5H8ClN3O2S.C5H10N4O2S/c2*1-4(2)9-5(3-7-8-9)12(6,10)11/h3-4H,1-2H3;3-4H,1-2H3,(H2,6,10,11). The lowest BCUT2D eigenvalue weighted by molar-refractivity contribution is 0.467. The van der Waals surface area contributed by atoms with Crippen molar-refractivity contribution in [3.63, 3.8) is 0 Å². The normalized spacial score (nSPS) is 12.3. The molecule has 0 fully saturated rings. The van der Waals surface area contributed by atoms with E-state index in [1.54, 1.807) is 27.7 Å². The lowest BCUT2D eigenvalue weighted by Gasteiger charge is -2.06. The van der Waals surface area contributed by atoms with E-state index in [1.165, 1.54) is 9.36 Å². The van der Waals surface area contributed by atoms with Crippen LogP contribution >= 0.6 is 10.7 Å². The second kappa shape index (κ2) is 7.55. The van der Waals surface area contributed by atoms with Gasteiger partial charge in [-0.15, -0.1) is 10.2 Å². The van der Waals surface area contributed by atoms with Gasteiger partial charge in [0.15, 0.2) is 10.1 Å². The fraction of sp³-hybridized carbons (Fsp3) is 0.600. The minimum absolute atomic E-state index is 0.0579. The molecule has 0 unspecified atom stereocenters. The van der Waals surface area contributed by atoms with E-state index in [1.807, 2.05) is 0 Å². The molecule has 14 heteroatoms. The summed E-state index contributed by atoms with van der Waals surface area (Å²) in [4.78, 5) is 0. The van der Waals surface area contributed by atoms with Crippen molar-refractivity contribution in [2.24, 2.45) is 5.14 Å². The van der Waals surface area contributed by atoms with Gasteiger partial charge in [0.1, 0.15) is 0 Å². The van der Waals surface area contributed by atoms with Crippen LogP contribution in [0.4, 0.5) is 0 Å². The van der Waals surface area contributed by atoms with Gasteiger partial charge in [0.2, 0.25) is 0 Å². The van der Waals surface area contributed by atoms with Gasteiger partial charge in [0.25, 0.3) is 19.1 Å². The summed E-state index contributed by atoms with van der Waals surface area (Å²) in [5.41, 5.74) is 0. The Hall–Kier alpha value is -1.57. The summed E-state index contributed by atoms with van der Waals surface area (Å²) >= 11 is 0. The van der Waals surface area contributed by atoms with Crippen LogP contribution in [0.1, 0.15) is 39.8 Å². The summed E-state index contributed by atoms with van der Waals surface area (Å²) in [7, 11) is -2.30. The number of primary sulfonamides is 1. The molecule has 0 aliphatic rings. The quantitative estimate of drug-likeness (QED) is 0.719. The SMILES string of the molecule is CC(C)n1nncc1S(=O)(=O)Cl.CC(C)n1nncc1S(N)(=O)=O. The van der Waals surface area contributed by atoms with E-state index in [0.717, 1.165) is 12.4 Å². The van der Waals surface area contributed by atoms with E-state index < -0.39 is 19.1 Å². The zero-order valence-electron chi connectivity index (χ0n) is 13.4. The smallest absolute Gasteiger partial charge is 0.230 e. The van der Waals surface area contributed by atoms with Crippen molar-refractivity contribution in [2.75, 3.05) is 0 Å². The molecule has 2 N–H and O–H groups in total. The van der Waals surface area contributed by atoms with Crippen LogP contribution in [0.3, 0.4) is 0 Å². The fourth-order valence-electron chi connectivity index (χ4n) is 1.56. The molecular weight excluding hydrogens is 382 g/mol. The number of halogens is 1. The highest BCUT2D eigenvalue weighted by molar-refractivity contribution is 8.13. The van der Waals surface area contributed by atoms with E-state index in [0.29, 0.717) is 0 Å². The van der Waals surface area contributed by atoms with Gasteiger partial charge in [-0.1, -0.05) is 10.4 Å². The zero-order chi connectivity index (χ0) is 18.7. The number of nitrogens with two attached hydrogens (primary N) is 1. The van der Waals surface area contributed by atoms with Crippen molar-refractivity contribution in [1.82, 2.24) is 30.0 Å². The molecule has 2 heterocycles. The van der Waals surface area contributed by atoms with Crippen LogP contribution in [-0.4, -0.2) is 46.8 Å². The molecular formula is C10H18ClN7O4S2. The zero-order valence-corrected chi connectivity index (χ0v) is 15.8. The third-order valence-electron chi connectivity index (χ3n) is 2.60. The van der Waals surface area contributed by atoms with Gasteiger partial charge in [0, 0.05) is 22.8 Å². The highest BCUT2D eigenvalue weighted by Gasteiger charge is 2.19. The maximum atomic E-state index is 10.9. The molecule has 2 aromatic heterocycles. The second-order valence-corrected chi connectivity index (χ2v) is 9.23. The number of sulfonamides is 1. The Kier molecular flexibility index (Phi) is 6.44. The molecule has 24 heavy (non-hydrogen) atoms. The first kappa shape index (κ1) is 20.5. The van der Waals surface area contributed by atoms with E-state index in [-0.39, 0.29) is 22.1 Å². The van der Waals surface area contributed by atoms with Crippen molar-refractivity contribution in [2.45, 2.75) is 49.8 Å². The molecule has 0 aliphatic carbocycles. The van der Waals surface area contributed by atoms with Crippen LogP contribution < -0.4 is 5.14 Å². The van der Waals surface area contributed by atoms with E-state index in [4.69, 9.17) is 15.8 Å². The van der Waals surface area contributed by atoms with Gasteiger partial charge in [-0.2, -0.15) is 0 Å². The molecule has 2 rings (SSSR count). The molecule has 0 aliphatic heterocycles. The largest absolute Gasteiger partial charge is 0.279 e. The summed E-state index contributed by atoms with van der Waals surface area (Å²) in [6, 6.07) is -0.142. The first-order valence-corrected chi connectivity index (χ1v) is 10.5. The maximum absolute atomic E-state index is 10.9. The number of hydrogen-bond donors (Lipinski definition) is 1. The topological polar surface area (TPSA) is 156 Å². The van der Waals surface area contributed by atoms with Crippen LogP contribution in [-0.2, 0) is 19.1 Å². The van der Waals surface area contributed by atoms with Crippen molar-refractivity contribution < 1.29 is 16.8 Å². The summed E-state index contributed by atoms with van der Waals surface area (Å²) in [5.74, 6) is 0. The number of aromatic nitrogens is 6. The molecule has 0 aromatic carbocycles. The van der Waals surface area contributed by atoms with Crippen LogP contribution in [0.2, 0.25) is 0 Å². The Morgan fingerprint density at radius 1 is 0.917 bits per heavy atom. The van der Waals surface area contributed by atoms with Gasteiger partial charge in [-0.3, -0.25) is 0 Å². The number of hydrogen-bond acceptors (Lipinski definition) is 8. The Balaban J connectivity index is 0.000000240. The molecule has 0 saturated carbocycles. The minimum Gasteiger partial charge on any atom is -0.230 e. The highest BCUT2D eigenvalue weighted by Crippen LogP contribution is 2.16. The molecule has 2 aromatic rings. The third-order valence-corrected chi connectivity index (χ3v) is 4.75. The van der Waals surface area contributed by atoms with Crippen molar-refractivity contribution >= 4 is 29.8 Å². The Labute approximate surface area is 144 Å². The molecule has 136 valence electrons. The fourth-order valence-corrected chi connectivity index (χ4v) is 3.24.